The Bertz CT molecular complexity index is 651. The van der Waals surface area contributed by atoms with Crippen LogP contribution in [0.2, 0.25) is 0 Å². The number of rotatable bonds is 9. The molecule has 0 spiro atoms. The zero-order chi connectivity index (χ0) is 21.2. The van der Waals surface area contributed by atoms with Gasteiger partial charge in [-0.1, -0.05) is 6.07 Å². The lowest BCUT2D eigenvalue weighted by Crippen LogP contribution is -2.43. The number of hydrogen-bond donors (Lipinski definition) is 1. The first-order valence-electron chi connectivity index (χ1n) is 10.4. The third-order valence-electron chi connectivity index (χ3n) is 5.66. The third kappa shape index (κ3) is 7.77. The van der Waals surface area contributed by atoms with Crippen molar-refractivity contribution in [1.29, 1.82) is 0 Å². The summed E-state index contributed by atoms with van der Waals surface area (Å²) in [5, 5.41) is 3.54. The van der Waals surface area contributed by atoms with Gasteiger partial charge in [0.2, 0.25) is 0 Å². The third-order valence-corrected chi connectivity index (χ3v) is 5.66. The zero-order valence-corrected chi connectivity index (χ0v) is 21.6. The van der Waals surface area contributed by atoms with Gasteiger partial charge in [-0.15, -0.1) is 24.0 Å². The highest BCUT2D eigenvalue weighted by Gasteiger charge is 2.19. The predicted molar refractivity (Wildman–Crippen MR) is 134 cm³/mol. The van der Waals surface area contributed by atoms with Crippen molar-refractivity contribution in [2.24, 2.45) is 10.9 Å². The van der Waals surface area contributed by atoms with Crippen LogP contribution in [0.1, 0.15) is 30.9 Å². The Kier molecular flexibility index (Phi) is 12.4. The molecule has 2 rings (SSSR count). The van der Waals surface area contributed by atoms with Crippen molar-refractivity contribution in [3.63, 3.8) is 0 Å². The van der Waals surface area contributed by atoms with Crippen molar-refractivity contribution in [2.75, 3.05) is 68.7 Å². The molecule has 1 aromatic rings. The summed E-state index contributed by atoms with van der Waals surface area (Å²) in [6.45, 7) is 3.54. The molecule has 8 heteroatoms. The van der Waals surface area contributed by atoms with E-state index in [2.05, 4.69) is 47.3 Å². The number of methoxy groups -OCH3 is 2. The summed E-state index contributed by atoms with van der Waals surface area (Å²) in [7, 11) is 11.4. The summed E-state index contributed by atoms with van der Waals surface area (Å²) in [4.78, 5) is 8.90. The Hall–Kier alpha value is -1.26. The highest BCUT2D eigenvalue weighted by atomic mass is 127. The van der Waals surface area contributed by atoms with Crippen LogP contribution in [0.25, 0.3) is 0 Å². The van der Waals surface area contributed by atoms with Crippen molar-refractivity contribution in [1.82, 2.24) is 15.1 Å². The van der Waals surface area contributed by atoms with Gasteiger partial charge >= 0.3 is 0 Å². The normalized spacial score (nSPS) is 16.0. The second kappa shape index (κ2) is 13.9. The van der Waals surface area contributed by atoms with Gasteiger partial charge in [-0.05, 0) is 57.0 Å². The lowest BCUT2D eigenvalue weighted by atomic mass is 9.96. The summed E-state index contributed by atoms with van der Waals surface area (Å²) in [6.07, 6.45) is 3.51. The number of likely N-dealkylation sites (N-methyl/N-ethyl adjacent to an activating group) is 1. The maximum atomic E-state index is 5.48. The SMILES string of the molecule is CN=C(NCC(c1ccc(OC)c(OC)c1)N(C)C)N(C)CCC1CCOCC1.I. The molecule has 1 aromatic carbocycles. The van der Waals surface area contributed by atoms with Crippen LogP contribution in [0.4, 0.5) is 0 Å². The largest absolute Gasteiger partial charge is 0.493 e. The molecular formula is C22H39IN4O3. The number of hydrogen-bond acceptors (Lipinski definition) is 5. The molecule has 7 nitrogen and oxygen atoms in total. The Balaban J connectivity index is 0.00000450. The zero-order valence-electron chi connectivity index (χ0n) is 19.3. The van der Waals surface area contributed by atoms with Gasteiger partial charge in [0.25, 0.3) is 0 Å². The van der Waals surface area contributed by atoms with Gasteiger partial charge in [-0.3, -0.25) is 4.99 Å². The quantitative estimate of drug-likeness (QED) is 0.298. The molecule has 1 heterocycles. The topological polar surface area (TPSA) is 58.6 Å². The number of nitrogens with one attached hydrogen (secondary N) is 1. The van der Waals surface area contributed by atoms with Gasteiger partial charge in [-0.2, -0.15) is 0 Å². The molecule has 1 N–H and O–H groups in total. The summed E-state index contributed by atoms with van der Waals surface area (Å²) < 4.78 is 16.3. The number of aliphatic imine (C=N–C) groups is 1. The second-order valence-electron chi connectivity index (χ2n) is 7.79. The molecule has 30 heavy (non-hydrogen) atoms. The molecule has 1 aliphatic heterocycles. The fraction of sp³-hybridized carbons (Fsp3) is 0.682. The molecular weight excluding hydrogens is 495 g/mol. The van der Waals surface area contributed by atoms with Crippen LogP contribution in [-0.2, 0) is 4.74 Å². The molecule has 1 aliphatic rings. The van der Waals surface area contributed by atoms with Gasteiger partial charge in [0.1, 0.15) is 0 Å². The Labute approximate surface area is 199 Å². The number of ether oxygens (including phenoxy) is 3. The minimum absolute atomic E-state index is 0. The van der Waals surface area contributed by atoms with E-state index in [1.165, 1.54) is 24.8 Å². The van der Waals surface area contributed by atoms with E-state index in [1.807, 2.05) is 19.2 Å². The average molecular weight is 534 g/mol. The first-order valence-corrected chi connectivity index (χ1v) is 10.4. The standard InChI is InChI=1S/C22H38N4O3.HI/c1-23-22(26(4)12-9-17-10-13-29-14-11-17)24-16-19(25(2)3)18-7-8-20(27-5)21(15-18)28-6;/h7-8,15,17,19H,9-14,16H2,1-6H3,(H,23,24);1H. The molecule has 0 aromatic heterocycles. The lowest BCUT2D eigenvalue weighted by Gasteiger charge is -2.30. The minimum atomic E-state index is 0. The molecule has 0 aliphatic carbocycles. The van der Waals surface area contributed by atoms with Gasteiger partial charge < -0.3 is 29.3 Å². The molecule has 0 bridgehead atoms. The van der Waals surface area contributed by atoms with E-state index in [1.54, 1.807) is 14.2 Å². The molecule has 1 fully saturated rings. The molecule has 1 saturated heterocycles. The van der Waals surface area contributed by atoms with E-state index >= 15 is 0 Å². The molecule has 0 radical (unpaired) electrons. The average Bonchev–Trinajstić information content (AvgIpc) is 2.75. The van der Waals surface area contributed by atoms with Crippen molar-refractivity contribution in [3.05, 3.63) is 23.8 Å². The van der Waals surface area contributed by atoms with Crippen LogP contribution < -0.4 is 14.8 Å². The molecule has 0 amide bonds. The second-order valence-corrected chi connectivity index (χ2v) is 7.79. The molecule has 1 atom stereocenters. The molecule has 1 unspecified atom stereocenters. The minimum Gasteiger partial charge on any atom is -0.493 e. The van der Waals surface area contributed by atoms with Crippen LogP contribution in [-0.4, -0.2) is 84.5 Å². The number of halogens is 1. The predicted octanol–water partition coefficient (Wildman–Crippen LogP) is 3.25. The smallest absolute Gasteiger partial charge is 0.193 e. The first-order chi connectivity index (χ1) is 14.0. The van der Waals surface area contributed by atoms with Crippen LogP contribution >= 0.6 is 24.0 Å². The lowest BCUT2D eigenvalue weighted by molar-refractivity contribution is 0.0625. The Morgan fingerprint density at radius 1 is 1.17 bits per heavy atom. The summed E-state index contributed by atoms with van der Waals surface area (Å²) in [5.41, 5.74) is 1.17. The molecule has 0 saturated carbocycles. The number of nitrogens with zero attached hydrogens (tertiary/aromatic N) is 3. The van der Waals surface area contributed by atoms with E-state index in [0.717, 1.165) is 49.7 Å². The monoisotopic (exact) mass is 534 g/mol. The van der Waals surface area contributed by atoms with Crippen LogP contribution in [0, 0.1) is 5.92 Å². The van der Waals surface area contributed by atoms with Gasteiger partial charge in [-0.25, -0.2) is 0 Å². The van der Waals surface area contributed by atoms with E-state index < -0.39 is 0 Å². The van der Waals surface area contributed by atoms with Crippen LogP contribution in [0.15, 0.2) is 23.2 Å². The molecule has 172 valence electrons. The Morgan fingerprint density at radius 2 is 1.83 bits per heavy atom. The van der Waals surface area contributed by atoms with Crippen molar-refractivity contribution < 1.29 is 14.2 Å². The summed E-state index contributed by atoms with van der Waals surface area (Å²) in [6, 6.07) is 6.27. The van der Waals surface area contributed by atoms with E-state index in [0.29, 0.717) is 0 Å². The summed E-state index contributed by atoms with van der Waals surface area (Å²) >= 11 is 0. The highest BCUT2D eigenvalue weighted by molar-refractivity contribution is 14.0. The first kappa shape index (κ1) is 26.8. The van der Waals surface area contributed by atoms with E-state index in [9.17, 15) is 0 Å². The Morgan fingerprint density at radius 3 is 2.40 bits per heavy atom. The summed E-state index contributed by atoms with van der Waals surface area (Å²) in [5.74, 6) is 3.16. The van der Waals surface area contributed by atoms with Gasteiger partial charge in [0.15, 0.2) is 17.5 Å². The number of guanidine groups is 1. The fourth-order valence-corrected chi connectivity index (χ4v) is 3.75. The van der Waals surface area contributed by atoms with Crippen LogP contribution in [0.3, 0.4) is 0 Å². The maximum absolute atomic E-state index is 5.48. The number of benzene rings is 1. The fourth-order valence-electron chi connectivity index (χ4n) is 3.75. The van der Waals surface area contributed by atoms with Gasteiger partial charge in [0.05, 0.1) is 20.3 Å². The van der Waals surface area contributed by atoms with Crippen molar-refractivity contribution in [2.45, 2.75) is 25.3 Å². The van der Waals surface area contributed by atoms with E-state index in [-0.39, 0.29) is 30.0 Å². The van der Waals surface area contributed by atoms with Crippen molar-refractivity contribution >= 4 is 29.9 Å². The van der Waals surface area contributed by atoms with E-state index in [4.69, 9.17) is 14.2 Å². The highest BCUT2D eigenvalue weighted by Crippen LogP contribution is 2.31. The van der Waals surface area contributed by atoms with Crippen molar-refractivity contribution in [3.8, 4) is 11.5 Å². The van der Waals surface area contributed by atoms with Gasteiger partial charge in [0, 0.05) is 40.4 Å². The maximum Gasteiger partial charge on any atom is 0.193 e. The van der Waals surface area contributed by atoms with Crippen LogP contribution in [0.5, 0.6) is 11.5 Å².